The summed E-state index contributed by atoms with van der Waals surface area (Å²) in [5.41, 5.74) is 0.218. The molecular weight excluding hydrogens is 398 g/mol. The van der Waals surface area contributed by atoms with Crippen LogP contribution in [-0.2, 0) is 14.3 Å². The summed E-state index contributed by atoms with van der Waals surface area (Å²) in [4.78, 5) is 38.4. The van der Waals surface area contributed by atoms with Gasteiger partial charge in [-0.1, -0.05) is 30.3 Å². The number of esters is 1. The number of Topliss-reactive ketones (excluding diaryl/α,β-unsaturated/α-hetero) is 1. The number of carbonyl (C=O) groups is 3. The Balaban J connectivity index is 1.38. The molecule has 0 radical (unpaired) electrons. The molecule has 6 heteroatoms. The zero-order valence-corrected chi connectivity index (χ0v) is 18.4. The van der Waals surface area contributed by atoms with Crippen LogP contribution in [-0.4, -0.2) is 42.3 Å². The highest BCUT2D eigenvalue weighted by Crippen LogP contribution is 2.60. The van der Waals surface area contributed by atoms with Gasteiger partial charge in [0.2, 0.25) is 5.91 Å². The molecule has 1 N–H and O–H groups in total. The number of nitrogens with one attached hydrogen (secondary N) is 1. The average molecular weight is 430 g/mol. The summed E-state index contributed by atoms with van der Waals surface area (Å²) in [5.74, 6) is 2.03. The topological polar surface area (TPSA) is 72.5 Å². The molecule has 4 aliphatic carbocycles. The van der Waals surface area contributed by atoms with E-state index in [0.29, 0.717) is 29.7 Å². The molecule has 0 heterocycles. The Kier molecular flexibility index (Phi) is 6.51. The highest BCUT2D eigenvalue weighted by Gasteiger charge is 2.55. The Morgan fingerprint density at radius 1 is 1.07 bits per heavy atom. The van der Waals surface area contributed by atoms with Gasteiger partial charge in [0.1, 0.15) is 6.04 Å². The van der Waals surface area contributed by atoms with E-state index in [1.54, 1.807) is 36.0 Å². The molecule has 1 aromatic rings. The smallest absolute Gasteiger partial charge is 0.329 e. The fourth-order valence-electron chi connectivity index (χ4n) is 6.13. The quantitative estimate of drug-likeness (QED) is 0.477. The molecule has 5 nitrogen and oxygen atoms in total. The van der Waals surface area contributed by atoms with E-state index in [2.05, 4.69) is 5.32 Å². The van der Waals surface area contributed by atoms with Gasteiger partial charge >= 0.3 is 5.97 Å². The number of carbonyl (C=O) groups excluding carboxylic acids is 3. The van der Waals surface area contributed by atoms with Gasteiger partial charge in [-0.05, 0) is 74.7 Å². The lowest BCUT2D eigenvalue weighted by Gasteiger charge is -2.55. The van der Waals surface area contributed by atoms with E-state index in [9.17, 15) is 14.4 Å². The molecule has 0 aliphatic heterocycles. The zero-order chi connectivity index (χ0) is 21.1. The van der Waals surface area contributed by atoms with Gasteiger partial charge in [-0.25, -0.2) is 4.79 Å². The Morgan fingerprint density at radius 2 is 1.67 bits per heavy atom. The second-order valence-corrected chi connectivity index (χ2v) is 10.4. The van der Waals surface area contributed by atoms with E-state index >= 15 is 0 Å². The second kappa shape index (κ2) is 9.13. The van der Waals surface area contributed by atoms with E-state index in [0.717, 1.165) is 25.0 Å². The molecule has 30 heavy (non-hydrogen) atoms. The van der Waals surface area contributed by atoms with Crippen LogP contribution in [0.3, 0.4) is 0 Å². The monoisotopic (exact) mass is 429 g/mol. The van der Waals surface area contributed by atoms with Crippen LogP contribution in [0.25, 0.3) is 0 Å². The predicted molar refractivity (Wildman–Crippen MR) is 117 cm³/mol. The number of ketones is 1. The van der Waals surface area contributed by atoms with E-state index in [1.165, 1.54) is 19.3 Å². The lowest BCUT2D eigenvalue weighted by Crippen LogP contribution is -2.56. The average Bonchev–Trinajstić information content (AvgIpc) is 2.74. The van der Waals surface area contributed by atoms with E-state index in [1.807, 2.05) is 12.3 Å². The van der Waals surface area contributed by atoms with Gasteiger partial charge in [-0.3, -0.25) is 9.59 Å². The third kappa shape index (κ3) is 4.58. The fraction of sp³-hybridized carbons (Fsp3) is 0.625. The Bertz CT molecular complexity index is 758. The van der Waals surface area contributed by atoms with Crippen LogP contribution in [0.4, 0.5) is 0 Å². The SMILES string of the molecule is CSCC[C@H](NC(=O)C12CC3CC(CC(C3)C1)C2)C(=O)OCC(=O)c1ccccc1. The van der Waals surface area contributed by atoms with Crippen molar-refractivity contribution in [3.8, 4) is 0 Å². The van der Waals surface area contributed by atoms with Gasteiger partial charge in [-0.2, -0.15) is 11.8 Å². The minimum atomic E-state index is -0.693. The molecule has 0 spiro atoms. The second-order valence-electron chi connectivity index (χ2n) is 9.40. The molecule has 4 aliphatic rings. The summed E-state index contributed by atoms with van der Waals surface area (Å²) >= 11 is 1.63. The van der Waals surface area contributed by atoms with Gasteiger partial charge in [0.15, 0.2) is 12.4 Å². The Labute approximate surface area is 182 Å². The van der Waals surface area contributed by atoms with Crippen molar-refractivity contribution in [3.05, 3.63) is 35.9 Å². The molecule has 162 valence electrons. The highest BCUT2D eigenvalue weighted by molar-refractivity contribution is 7.98. The van der Waals surface area contributed by atoms with Crippen molar-refractivity contribution in [3.63, 3.8) is 0 Å². The van der Waals surface area contributed by atoms with Crippen LogP contribution < -0.4 is 5.32 Å². The lowest BCUT2D eigenvalue weighted by molar-refractivity contribution is -0.153. The van der Waals surface area contributed by atoms with Crippen molar-refractivity contribution < 1.29 is 19.1 Å². The van der Waals surface area contributed by atoms with Crippen molar-refractivity contribution in [2.75, 3.05) is 18.6 Å². The van der Waals surface area contributed by atoms with Gasteiger partial charge in [0.05, 0.1) is 0 Å². The maximum absolute atomic E-state index is 13.3. The van der Waals surface area contributed by atoms with Gasteiger partial charge in [-0.15, -0.1) is 0 Å². The number of benzene rings is 1. The van der Waals surface area contributed by atoms with E-state index < -0.39 is 12.0 Å². The van der Waals surface area contributed by atoms with Crippen LogP contribution in [0.2, 0.25) is 0 Å². The number of ether oxygens (including phenoxy) is 1. The van der Waals surface area contributed by atoms with Gasteiger partial charge in [0.25, 0.3) is 0 Å². The lowest BCUT2D eigenvalue weighted by atomic mass is 9.49. The summed E-state index contributed by atoms with van der Waals surface area (Å²) in [6, 6.07) is 8.11. The maximum atomic E-state index is 13.3. The van der Waals surface area contributed by atoms with Crippen LogP contribution in [0.5, 0.6) is 0 Å². The molecule has 1 aromatic carbocycles. The molecule has 0 unspecified atom stereocenters. The third-order valence-corrected chi connectivity index (χ3v) is 7.81. The minimum absolute atomic E-state index is 0.0269. The van der Waals surface area contributed by atoms with Crippen molar-refractivity contribution in [1.29, 1.82) is 0 Å². The van der Waals surface area contributed by atoms with Gasteiger partial charge in [0, 0.05) is 11.0 Å². The molecule has 4 fully saturated rings. The van der Waals surface area contributed by atoms with Gasteiger partial charge < -0.3 is 10.1 Å². The standard InChI is InChI=1S/C24H31NO4S/c1-30-8-7-20(22(27)29-15-21(26)19-5-3-2-4-6-19)25-23(28)24-12-16-9-17(13-24)11-18(10-16)14-24/h2-6,16-18,20H,7-15H2,1H3,(H,25,28)/t16?,17?,18?,20-,24?/m0/s1. The maximum Gasteiger partial charge on any atom is 0.329 e. The van der Waals surface area contributed by atoms with Crippen molar-refractivity contribution >= 4 is 29.4 Å². The molecule has 5 rings (SSSR count). The summed E-state index contributed by atoms with van der Waals surface area (Å²) < 4.78 is 5.32. The first kappa shape index (κ1) is 21.4. The molecule has 1 atom stereocenters. The van der Waals surface area contributed by atoms with Crippen molar-refractivity contribution in [2.24, 2.45) is 23.2 Å². The summed E-state index contributed by atoms with van der Waals surface area (Å²) in [6.45, 7) is -0.300. The van der Waals surface area contributed by atoms with Crippen molar-refractivity contribution in [1.82, 2.24) is 5.32 Å². The first-order valence-electron chi connectivity index (χ1n) is 11.0. The first-order valence-corrected chi connectivity index (χ1v) is 12.4. The Hall–Kier alpha value is -1.82. The number of hydrogen-bond donors (Lipinski definition) is 1. The third-order valence-electron chi connectivity index (χ3n) is 7.16. The summed E-state index contributed by atoms with van der Waals surface area (Å²) in [5, 5.41) is 3.03. The molecule has 4 saturated carbocycles. The van der Waals surface area contributed by atoms with Crippen molar-refractivity contribution in [2.45, 2.75) is 51.0 Å². The highest BCUT2D eigenvalue weighted by atomic mass is 32.2. The summed E-state index contributed by atoms with van der Waals surface area (Å²) in [6.07, 6.45) is 9.18. The molecular formula is C24H31NO4S. The molecule has 4 bridgehead atoms. The number of rotatable bonds is 9. The minimum Gasteiger partial charge on any atom is -0.456 e. The largest absolute Gasteiger partial charge is 0.456 e. The van der Waals surface area contributed by atoms with E-state index in [-0.39, 0.29) is 23.7 Å². The molecule has 1 amide bonds. The van der Waals surface area contributed by atoms with Crippen LogP contribution in [0, 0.1) is 23.2 Å². The van der Waals surface area contributed by atoms with Crippen LogP contribution in [0.15, 0.2) is 30.3 Å². The Morgan fingerprint density at radius 3 is 2.23 bits per heavy atom. The fourth-order valence-corrected chi connectivity index (χ4v) is 6.60. The van der Waals surface area contributed by atoms with Crippen LogP contribution in [0.1, 0.15) is 55.3 Å². The normalized spacial score (nSPS) is 30.0. The number of amides is 1. The predicted octanol–water partition coefficient (Wildman–Crippen LogP) is 3.87. The zero-order valence-electron chi connectivity index (χ0n) is 17.6. The van der Waals surface area contributed by atoms with Crippen LogP contribution >= 0.6 is 11.8 Å². The summed E-state index contributed by atoms with van der Waals surface area (Å²) in [7, 11) is 0. The molecule has 0 saturated heterocycles. The van der Waals surface area contributed by atoms with E-state index in [4.69, 9.17) is 4.74 Å². The first-order chi connectivity index (χ1) is 14.5. The molecule has 0 aromatic heterocycles. The number of hydrogen-bond acceptors (Lipinski definition) is 5. The number of thioether (sulfide) groups is 1.